The molecule has 5 nitrogen and oxygen atoms in total. The van der Waals surface area contributed by atoms with Crippen molar-refractivity contribution >= 4 is 39.9 Å². The van der Waals surface area contributed by atoms with E-state index in [4.69, 9.17) is 16.0 Å². The third-order valence-corrected chi connectivity index (χ3v) is 4.92. The van der Waals surface area contributed by atoms with Gasteiger partial charge < -0.3 is 15.1 Å². The van der Waals surface area contributed by atoms with Gasteiger partial charge in [-0.15, -0.1) is 0 Å². The quantitative estimate of drug-likeness (QED) is 0.420. The lowest BCUT2D eigenvalue weighted by atomic mass is 10.1. The van der Waals surface area contributed by atoms with Crippen LogP contribution in [-0.4, -0.2) is 5.91 Å². The smallest absolute Gasteiger partial charge is 0.362 e. The number of hydrogen-bond donors (Lipinski definition) is 2. The molecule has 4 rings (SSSR count). The lowest BCUT2D eigenvalue weighted by molar-refractivity contribution is -0.115. The molecule has 0 fully saturated rings. The first kappa shape index (κ1) is 19.7. The summed E-state index contributed by atoms with van der Waals surface area (Å²) >= 11 is 5.90. The summed E-state index contributed by atoms with van der Waals surface area (Å²) in [4.78, 5) is 25.3. The second kappa shape index (κ2) is 8.84. The molecule has 30 heavy (non-hydrogen) atoms. The first-order valence-electron chi connectivity index (χ1n) is 9.48. The van der Waals surface area contributed by atoms with Gasteiger partial charge >= 0.3 is 5.63 Å². The van der Waals surface area contributed by atoms with Gasteiger partial charge in [-0.3, -0.25) is 4.79 Å². The molecule has 0 aliphatic heterocycles. The van der Waals surface area contributed by atoms with Crippen LogP contribution in [0.15, 0.2) is 88.1 Å². The fourth-order valence-corrected chi connectivity index (χ4v) is 3.33. The Bertz CT molecular complexity index is 1240. The second-order valence-corrected chi connectivity index (χ2v) is 7.26. The first-order chi connectivity index (χ1) is 14.6. The molecular weight excluding hydrogens is 400 g/mol. The Morgan fingerprint density at radius 2 is 1.53 bits per heavy atom. The number of rotatable bonds is 6. The molecule has 0 aliphatic rings. The Kier molecular flexibility index (Phi) is 5.82. The van der Waals surface area contributed by atoms with Gasteiger partial charge in [-0.05, 0) is 35.4 Å². The van der Waals surface area contributed by atoms with Crippen LogP contribution in [-0.2, 0) is 17.8 Å². The van der Waals surface area contributed by atoms with Gasteiger partial charge in [0.15, 0.2) is 5.69 Å². The Balaban J connectivity index is 1.65. The zero-order valence-electron chi connectivity index (χ0n) is 16.0. The van der Waals surface area contributed by atoms with E-state index in [-0.39, 0.29) is 18.0 Å². The van der Waals surface area contributed by atoms with Gasteiger partial charge in [-0.2, -0.15) is 0 Å². The fraction of sp³-hybridized carbons (Fsp3) is 0.0833. The molecule has 1 aromatic heterocycles. The highest BCUT2D eigenvalue weighted by atomic mass is 35.5. The molecule has 0 radical (unpaired) electrons. The van der Waals surface area contributed by atoms with Crippen molar-refractivity contribution in [2.24, 2.45) is 0 Å². The number of fused-ring (bicyclic) bond motifs is 1. The van der Waals surface area contributed by atoms with Gasteiger partial charge in [0, 0.05) is 17.0 Å². The van der Waals surface area contributed by atoms with E-state index in [1.54, 1.807) is 36.4 Å². The lowest BCUT2D eigenvalue weighted by Gasteiger charge is -2.14. The highest BCUT2D eigenvalue weighted by Crippen LogP contribution is 2.29. The normalized spacial score (nSPS) is 10.7. The molecule has 0 aliphatic carbocycles. The van der Waals surface area contributed by atoms with E-state index < -0.39 is 5.63 Å². The Labute approximate surface area is 178 Å². The van der Waals surface area contributed by atoms with E-state index in [1.807, 2.05) is 42.5 Å². The van der Waals surface area contributed by atoms with Crippen LogP contribution in [0.4, 0.5) is 11.4 Å². The minimum Gasteiger partial charge on any atom is -0.421 e. The third-order valence-electron chi connectivity index (χ3n) is 4.67. The van der Waals surface area contributed by atoms with Gasteiger partial charge in [0.1, 0.15) is 5.58 Å². The van der Waals surface area contributed by atoms with Crippen molar-refractivity contribution in [1.82, 2.24) is 0 Å². The summed E-state index contributed by atoms with van der Waals surface area (Å²) in [5.74, 6) is -0.317. The van der Waals surface area contributed by atoms with Crippen molar-refractivity contribution in [2.75, 3.05) is 10.6 Å². The number of para-hydroxylation sites is 1. The maximum Gasteiger partial charge on any atom is 0.362 e. The van der Waals surface area contributed by atoms with E-state index in [1.165, 1.54) is 0 Å². The molecule has 0 saturated carbocycles. The van der Waals surface area contributed by atoms with Crippen LogP contribution >= 0.6 is 11.6 Å². The minimum atomic E-state index is -0.603. The van der Waals surface area contributed by atoms with Crippen molar-refractivity contribution in [1.29, 1.82) is 0 Å². The van der Waals surface area contributed by atoms with Crippen LogP contribution < -0.4 is 16.3 Å². The Hall–Kier alpha value is -3.57. The van der Waals surface area contributed by atoms with Crippen LogP contribution in [0.5, 0.6) is 0 Å². The van der Waals surface area contributed by atoms with E-state index in [2.05, 4.69) is 10.6 Å². The third kappa shape index (κ3) is 4.53. The monoisotopic (exact) mass is 418 g/mol. The number of carbonyl (C=O) groups is 1. The topological polar surface area (TPSA) is 71.3 Å². The predicted molar refractivity (Wildman–Crippen MR) is 120 cm³/mol. The first-order valence-corrected chi connectivity index (χ1v) is 9.86. The van der Waals surface area contributed by atoms with Crippen molar-refractivity contribution in [3.63, 3.8) is 0 Å². The molecule has 1 heterocycles. The van der Waals surface area contributed by atoms with Gasteiger partial charge in [-0.25, -0.2) is 4.79 Å². The van der Waals surface area contributed by atoms with Gasteiger partial charge in [0.05, 0.1) is 12.1 Å². The van der Waals surface area contributed by atoms with E-state index in [9.17, 15) is 9.59 Å². The molecule has 2 N–H and O–H groups in total. The molecule has 0 atom stereocenters. The maximum absolute atomic E-state index is 12.7. The summed E-state index contributed by atoms with van der Waals surface area (Å²) in [6.45, 7) is 0.494. The molecule has 0 unspecified atom stereocenters. The van der Waals surface area contributed by atoms with Crippen LogP contribution in [0.25, 0.3) is 11.0 Å². The zero-order valence-corrected chi connectivity index (χ0v) is 16.8. The maximum atomic E-state index is 12.7. The number of benzene rings is 3. The number of amides is 1. The number of halogens is 1. The molecule has 0 saturated heterocycles. The molecule has 3 aromatic carbocycles. The Morgan fingerprint density at radius 1 is 0.833 bits per heavy atom. The van der Waals surface area contributed by atoms with Crippen LogP contribution in [0, 0.1) is 0 Å². The molecule has 4 aromatic rings. The van der Waals surface area contributed by atoms with Crippen LogP contribution in [0.1, 0.15) is 11.1 Å². The molecule has 0 bridgehead atoms. The zero-order chi connectivity index (χ0) is 20.9. The van der Waals surface area contributed by atoms with Crippen molar-refractivity contribution in [3.05, 3.63) is 105 Å². The van der Waals surface area contributed by atoms with Gasteiger partial charge in [0.25, 0.3) is 0 Å². The summed E-state index contributed by atoms with van der Waals surface area (Å²) in [6, 6.07) is 24.0. The average molecular weight is 419 g/mol. The van der Waals surface area contributed by atoms with Crippen LogP contribution in [0.3, 0.4) is 0 Å². The highest BCUT2D eigenvalue weighted by molar-refractivity contribution is 6.30. The largest absolute Gasteiger partial charge is 0.421 e. The molecule has 0 spiro atoms. The summed E-state index contributed by atoms with van der Waals surface area (Å²) in [6.07, 6.45) is 0.113. The van der Waals surface area contributed by atoms with Gasteiger partial charge in [0.2, 0.25) is 5.91 Å². The number of carbonyl (C=O) groups excluding carboxylic acids is 1. The predicted octanol–water partition coefficient (Wildman–Crippen LogP) is 5.24. The fourth-order valence-electron chi connectivity index (χ4n) is 3.20. The van der Waals surface area contributed by atoms with Gasteiger partial charge in [-0.1, -0.05) is 66.2 Å². The number of anilines is 2. The van der Waals surface area contributed by atoms with Crippen LogP contribution in [0.2, 0.25) is 5.02 Å². The molecule has 6 heteroatoms. The minimum absolute atomic E-state index is 0.101. The van der Waals surface area contributed by atoms with Crippen molar-refractivity contribution in [2.45, 2.75) is 13.0 Å². The number of nitrogens with one attached hydrogen (secondary N) is 2. The summed E-state index contributed by atoms with van der Waals surface area (Å²) < 4.78 is 5.42. The lowest BCUT2D eigenvalue weighted by Crippen LogP contribution is -2.21. The highest BCUT2D eigenvalue weighted by Gasteiger charge is 2.17. The molecule has 150 valence electrons. The molecule has 1 amide bonds. The summed E-state index contributed by atoms with van der Waals surface area (Å²) in [7, 11) is 0. The van der Waals surface area contributed by atoms with E-state index >= 15 is 0 Å². The number of hydrogen-bond acceptors (Lipinski definition) is 4. The standard InChI is InChI=1S/C24H19ClN2O3/c25-18-12-10-16(11-13-18)14-21(28)27-23-22(26-15-17-6-2-1-3-7-17)19-8-4-5-9-20(19)30-24(23)29/h1-13,26H,14-15H2,(H,27,28). The van der Waals surface area contributed by atoms with E-state index in [0.29, 0.717) is 22.8 Å². The summed E-state index contributed by atoms with van der Waals surface area (Å²) in [5, 5.41) is 7.34. The Morgan fingerprint density at radius 3 is 2.30 bits per heavy atom. The van der Waals surface area contributed by atoms with E-state index in [0.717, 1.165) is 16.5 Å². The van der Waals surface area contributed by atoms with Crippen molar-refractivity contribution in [3.8, 4) is 0 Å². The average Bonchev–Trinajstić information content (AvgIpc) is 2.76. The van der Waals surface area contributed by atoms with Crippen molar-refractivity contribution < 1.29 is 9.21 Å². The SMILES string of the molecule is O=C(Cc1ccc(Cl)cc1)Nc1c(NCc2ccccc2)c2ccccc2oc1=O. The molecular formula is C24H19ClN2O3. The summed E-state index contributed by atoms with van der Waals surface area (Å²) in [5.41, 5.74) is 2.33. The second-order valence-electron chi connectivity index (χ2n) is 6.83.